The number of nitrogens with one attached hydrogen (secondary N) is 1. The van der Waals surface area contributed by atoms with E-state index in [0.717, 1.165) is 43.0 Å². The quantitative estimate of drug-likeness (QED) is 0.611. The van der Waals surface area contributed by atoms with Crippen molar-refractivity contribution in [3.8, 4) is 11.5 Å². The molecule has 21 heavy (non-hydrogen) atoms. The standard InChI is InChI=1S/C16H25NO4/c1-3-20-14-10-9-13(12-15(14)21-4-2)17-11-7-5-6-8-16(18)19/h9-10,12,17H,3-8,11H2,1-2H3,(H,18,19). The van der Waals surface area contributed by atoms with Crippen LogP contribution in [0, 0.1) is 0 Å². The van der Waals surface area contributed by atoms with E-state index in [1.165, 1.54) is 0 Å². The normalized spacial score (nSPS) is 10.2. The molecule has 0 heterocycles. The van der Waals surface area contributed by atoms with Gasteiger partial charge in [-0.2, -0.15) is 0 Å². The summed E-state index contributed by atoms with van der Waals surface area (Å²) in [5.74, 6) is 0.775. The number of ether oxygens (including phenoxy) is 2. The molecule has 0 radical (unpaired) electrons. The fourth-order valence-corrected chi connectivity index (χ4v) is 1.97. The van der Waals surface area contributed by atoms with Crippen molar-refractivity contribution in [2.24, 2.45) is 0 Å². The summed E-state index contributed by atoms with van der Waals surface area (Å²) in [6.07, 6.45) is 2.83. The molecule has 2 N–H and O–H groups in total. The predicted molar refractivity (Wildman–Crippen MR) is 83.4 cm³/mol. The molecule has 1 rings (SSSR count). The number of anilines is 1. The van der Waals surface area contributed by atoms with Crippen LogP contribution in [0.3, 0.4) is 0 Å². The zero-order chi connectivity index (χ0) is 15.5. The lowest BCUT2D eigenvalue weighted by Crippen LogP contribution is -2.04. The second kappa shape index (κ2) is 9.91. The van der Waals surface area contributed by atoms with Gasteiger partial charge in [0.25, 0.3) is 0 Å². The molecule has 0 aliphatic heterocycles. The van der Waals surface area contributed by atoms with Crippen molar-refractivity contribution < 1.29 is 19.4 Å². The first-order valence-electron chi connectivity index (χ1n) is 7.52. The second-order valence-electron chi connectivity index (χ2n) is 4.66. The summed E-state index contributed by atoms with van der Waals surface area (Å²) in [7, 11) is 0. The molecule has 1 aromatic rings. The second-order valence-corrected chi connectivity index (χ2v) is 4.66. The van der Waals surface area contributed by atoms with E-state index in [2.05, 4.69) is 5.32 Å². The molecule has 0 aromatic heterocycles. The summed E-state index contributed by atoms with van der Waals surface area (Å²) in [6, 6.07) is 5.80. The minimum atomic E-state index is -0.726. The highest BCUT2D eigenvalue weighted by Gasteiger charge is 2.05. The fraction of sp³-hybridized carbons (Fsp3) is 0.562. The molecule has 0 saturated carbocycles. The molecule has 0 atom stereocenters. The van der Waals surface area contributed by atoms with Crippen LogP contribution in [-0.4, -0.2) is 30.8 Å². The van der Waals surface area contributed by atoms with E-state index in [4.69, 9.17) is 14.6 Å². The van der Waals surface area contributed by atoms with Crippen LogP contribution in [0.4, 0.5) is 5.69 Å². The summed E-state index contributed by atoms with van der Waals surface area (Å²) in [5, 5.41) is 11.9. The third-order valence-corrected chi connectivity index (χ3v) is 2.94. The van der Waals surface area contributed by atoms with Gasteiger partial charge in [0.15, 0.2) is 11.5 Å². The Morgan fingerprint density at radius 1 is 1.10 bits per heavy atom. The van der Waals surface area contributed by atoms with Gasteiger partial charge in [0.05, 0.1) is 13.2 Å². The molecule has 0 saturated heterocycles. The third-order valence-electron chi connectivity index (χ3n) is 2.94. The zero-order valence-electron chi connectivity index (χ0n) is 12.9. The van der Waals surface area contributed by atoms with Crippen molar-refractivity contribution >= 4 is 11.7 Å². The zero-order valence-corrected chi connectivity index (χ0v) is 12.9. The maximum absolute atomic E-state index is 10.4. The molecule has 0 bridgehead atoms. The number of aliphatic carboxylic acids is 1. The average molecular weight is 295 g/mol. The number of carbonyl (C=O) groups is 1. The van der Waals surface area contributed by atoms with Crippen molar-refractivity contribution in [1.29, 1.82) is 0 Å². The highest BCUT2D eigenvalue weighted by Crippen LogP contribution is 2.30. The molecule has 1 aromatic carbocycles. The Labute approximate surface area is 126 Å². The SMILES string of the molecule is CCOc1ccc(NCCCCCC(=O)O)cc1OCC. The molecule has 0 fully saturated rings. The van der Waals surface area contributed by atoms with Gasteiger partial charge in [0, 0.05) is 24.7 Å². The van der Waals surface area contributed by atoms with Gasteiger partial charge in [-0.3, -0.25) is 4.79 Å². The highest BCUT2D eigenvalue weighted by atomic mass is 16.5. The first-order valence-corrected chi connectivity index (χ1v) is 7.52. The van der Waals surface area contributed by atoms with E-state index >= 15 is 0 Å². The van der Waals surface area contributed by atoms with Gasteiger partial charge < -0.3 is 19.9 Å². The molecule has 5 heteroatoms. The van der Waals surface area contributed by atoms with Gasteiger partial charge in [0.1, 0.15) is 0 Å². The smallest absolute Gasteiger partial charge is 0.303 e. The Morgan fingerprint density at radius 2 is 1.81 bits per heavy atom. The van der Waals surface area contributed by atoms with Crippen LogP contribution in [0.15, 0.2) is 18.2 Å². The van der Waals surface area contributed by atoms with E-state index in [1.807, 2.05) is 32.0 Å². The van der Waals surface area contributed by atoms with E-state index in [1.54, 1.807) is 0 Å². The molecule has 118 valence electrons. The summed E-state index contributed by atoms with van der Waals surface area (Å²) < 4.78 is 11.1. The molecular formula is C16H25NO4. The van der Waals surface area contributed by atoms with Gasteiger partial charge in [-0.1, -0.05) is 6.42 Å². The predicted octanol–water partition coefficient (Wildman–Crippen LogP) is 3.54. The Morgan fingerprint density at radius 3 is 2.48 bits per heavy atom. The van der Waals surface area contributed by atoms with Crippen molar-refractivity contribution in [3.63, 3.8) is 0 Å². The number of carboxylic acid groups (broad SMARTS) is 1. The van der Waals surface area contributed by atoms with Crippen LogP contribution in [0.5, 0.6) is 11.5 Å². The molecule has 0 amide bonds. The molecule has 5 nitrogen and oxygen atoms in total. The van der Waals surface area contributed by atoms with Crippen LogP contribution in [0.1, 0.15) is 39.5 Å². The van der Waals surface area contributed by atoms with Crippen LogP contribution in [-0.2, 0) is 4.79 Å². The van der Waals surface area contributed by atoms with Crippen LogP contribution in [0.2, 0.25) is 0 Å². The lowest BCUT2D eigenvalue weighted by Gasteiger charge is -2.13. The number of unbranched alkanes of at least 4 members (excludes halogenated alkanes) is 2. The fourth-order valence-electron chi connectivity index (χ4n) is 1.97. The van der Waals surface area contributed by atoms with Gasteiger partial charge in [-0.05, 0) is 38.8 Å². The van der Waals surface area contributed by atoms with Crippen molar-refractivity contribution in [3.05, 3.63) is 18.2 Å². The summed E-state index contributed by atoms with van der Waals surface area (Å²) in [4.78, 5) is 10.4. The Kier molecular flexibility index (Phi) is 8.09. The Hall–Kier alpha value is -1.91. The summed E-state index contributed by atoms with van der Waals surface area (Å²) >= 11 is 0. The maximum atomic E-state index is 10.4. The van der Waals surface area contributed by atoms with E-state index in [9.17, 15) is 4.79 Å². The molecule has 0 aliphatic rings. The van der Waals surface area contributed by atoms with E-state index < -0.39 is 5.97 Å². The topological polar surface area (TPSA) is 67.8 Å². The average Bonchev–Trinajstić information content (AvgIpc) is 2.45. The Bertz CT molecular complexity index is 434. The van der Waals surface area contributed by atoms with Crippen molar-refractivity contribution in [2.45, 2.75) is 39.5 Å². The van der Waals surface area contributed by atoms with E-state index in [0.29, 0.717) is 13.2 Å². The van der Waals surface area contributed by atoms with Gasteiger partial charge in [0.2, 0.25) is 0 Å². The first kappa shape index (κ1) is 17.1. The lowest BCUT2D eigenvalue weighted by atomic mass is 10.2. The number of hydrogen-bond acceptors (Lipinski definition) is 4. The maximum Gasteiger partial charge on any atom is 0.303 e. The molecule has 0 spiro atoms. The number of hydrogen-bond donors (Lipinski definition) is 2. The van der Waals surface area contributed by atoms with Crippen LogP contribution in [0.25, 0.3) is 0 Å². The molecular weight excluding hydrogens is 270 g/mol. The van der Waals surface area contributed by atoms with Crippen LogP contribution >= 0.6 is 0 Å². The first-order chi connectivity index (χ1) is 10.2. The summed E-state index contributed by atoms with van der Waals surface area (Å²) in [6.45, 7) is 5.91. The van der Waals surface area contributed by atoms with E-state index in [-0.39, 0.29) is 6.42 Å². The van der Waals surface area contributed by atoms with Crippen LogP contribution < -0.4 is 14.8 Å². The minimum absolute atomic E-state index is 0.248. The number of rotatable bonds is 11. The number of carboxylic acids is 1. The van der Waals surface area contributed by atoms with Gasteiger partial charge in [-0.25, -0.2) is 0 Å². The largest absolute Gasteiger partial charge is 0.490 e. The highest BCUT2D eigenvalue weighted by molar-refractivity contribution is 5.66. The number of benzene rings is 1. The van der Waals surface area contributed by atoms with Crippen molar-refractivity contribution in [2.75, 3.05) is 25.1 Å². The van der Waals surface area contributed by atoms with Gasteiger partial charge in [-0.15, -0.1) is 0 Å². The monoisotopic (exact) mass is 295 g/mol. The Balaban J connectivity index is 2.40. The minimum Gasteiger partial charge on any atom is -0.490 e. The van der Waals surface area contributed by atoms with Gasteiger partial charge >= 0.3 is 5.97 Å². The third kappa shape index (κ3) is 6.88. The van der Waals surface area contributed by atoms with Crippen molar-refractivity contribution in [1.82, 2.24) is 0 Å². The lowest BCUT2D eigenvalue weighted by molar-refractivity contribution is -0.137. The molecule has 0 aliphatic carbocycles. The summed E-state index contributed by atoms with van der Waals surface area (Å²) in [5.41, 5.74) is 0.986. The molecule has 0 unspecified atom stereocenters.